The molecular formula is C34H20N2S. The Morgan fingerprint density at radius 3 is 2.30 bits per heavy atom. The van der Waals surface area contributed by atoms with Crippen LogP contribution in [0, 0.1) is 0 Å². The van der Waals surface area contributed by atoms with Crippen molar-refractivity contribution >= 4 is 64.1 Å². The SMILES string of the molecule is c1cc(-c2ccc3ccc4cccnc4c3c2)cc(-c2nc3ccccc3c3sc4ccccc4c23)c1. The first-order valence-corrected chi connectivity index (χ1v) is 13.2. The molecule has 0 N–H and O–H groups in total. The second-order valence-corrected chi connectivity index (χ2v) is 10.5. The summed E-state index contributed by atoms with van der Waals surface area (Å²) in [6.45, 7) is 0. The van der Waals surface area contributed by atoms with Crippen molar-refractivity contribution in [3.63, 3.8) is 0 Å². The van der Waals surface area contributed by atoms with Crippen molar-refractivity contribution < 1.29 is 0 Å². The molecule has 3 heteroatoms. The van der Waals surface area contributed by atoms with Crippen molar-refractivity contribution in [3.05, 3.63) is 121 Å². The molecule has 0 unspecified atom stereocenters. The van der Waals surface area contributed by atoms with E-state index in [1.165, 1.54) is 47.5 Å². The second kappa shape index (κ2) is 7.95. The van der Waals surface area contributed by atoms with Gasteiger partial charge in [0.25, 0.3) is 0 Å². The average molecular weight is 489 g/mol. The molecule has 0 spiro atoms. The lowest BCUT2D eigenvalue weighted by Crippen LogP contribution is -1.89. The predicted molar refractivity (Wildman–Crippen MR) is 158 cm³/mol. The molecule has 0 aliphatic heterocycles. The van der Waals surface area contributed by atoms with Crippen LogP contribution in [0.2, 0.25) is 0 Å². The fourth-order valence-electron chi connectivity index (χ4n) is 5.51. The van der Waals surface area contributed by atoms with Crippen molar-refractivity contribution in [2.24, 2.45) is 0 Å². The highest BCUT2D eigenvalue weighted by Gasteiger charge is 2.16. The third kappa shape index (κ3) is 3.18. The van der Waals surface area contributed by atoms with Crippen LogP contribution in [0.3, 0.4) is 0 Å². The molecule has 0 aliphatic rings. The summed E-state index contributed by atoms with van der Waals surface area (Å²) < 4.78 is 2.59. The van der Waals surface area contributed by atoms with Gasteiger partial charge in [0.1, 0.15) is 0 Å². The second-order valence-electron chi connectivity index (χ2n) is 9.44. The number of hydrogen-bond donors (Lipinski definition) is 0. The van der Waals surface area contributed by atoms with E-state index in [1.807, 2.05) is 23.6 Å². The zero-order valence-electron chi connectivity index (χ0n) is 19.8. The molecule has 0 radical (unpaired) electrons. The summed E-state index contributed by atoms with van der Waals surface area (Å²) in [7, 11) is 0. The third-order valence-corrected chi connectivity index (χ3v) is 8.48. The Balaban J connectivity index is 1.38. The summed E-state index contributed by atoms with van der Waals surface area (Å²) in [5.74, 6) is 0. The minimum atomic E-state index is 1.03. The first-order chi connectivity index (χ1) is 18.3. The zero-order valence-corrected chi connectivity index (χ0v) is 20.7. The molecule has 0 aliphatic carbocycles. The Kier molecular flexibility index (Phi) is 4.42. The normalized spacial score (nSPS) is 11.8. The maximum Gasteiger partial charge on any atom is 0.0803 e. The molecule has 37 heavy (non-hydrogen) atoms. The van der Waals surface area contributed by atoms with Gasteiger partial charge in [0.2, 0.25) is 0 Å². The van der Waals surface area contributed by atoms with Gasteiger partial charge in [-0.2, -0.15) is 0 Å². The molecular weight excluding hydrogens is 468 g/mol. The lowest BCUT2D eigenvalue weighted by atomic mass is 9.96. The molecule has 3 heterocycles. The molecule has 0 saturated heterocycles. The van der Waals surface area contributed by atoms with Crippen molar-refractivity contribution in [3.8, 4) is 22.4 Å². The molecule has 0 atom stereocenters. The minimum Gasteiger partial charge on any atom is -0.256 e. The van der Waals surface area contributed by atoms with Gasteiger partial charge in [-0.05, 0) is 46.8 Å². The van der Waals surface area contributed by atoms with Gasteiger partial charge in [0.15, 0.2) is 0 Å². The lowest BCUT2D eigenvalue weighted by Gasteiger charge is -2.11. The van der Waals surface area contributed by atoms with Gasteiger partial charge < -0.3 is 0 Å². The van der Waals surface area contributed by atoms with Gasteiger partial charge in [0, 0.05) is 48.1 Å². The quantitative estimate of drug-likeness (QED) is 0.226. The van der Waals surface area contributed by atoms with Crippen LogP contribution in [0.5, 0.6) is 0 Å². The number of rotatable bonds is 2. The standard InChI is InChI=1S/C34H20N2S/c1-3-12-29-26(10-1)34-31(27-11-2-4-13-30(27)37-34)33(36-29)25-8-5-7-23(19-25)24-17-15-21-14-16-22-9-6-18-35-32(22)28(21)20-24/h1-20H. The smallest absolute Gasteiger partial charge is 0.0803 e. The van der Waals surface area contributed by atoms with Crippen LogP contribution in [0.4, 0.5) is 0 Å². The first kappa shape index (κ1) is 20.6. The topological polar surface area (TPSA) is 25.8 Å². The van der Waals surface area contributed by atoms with Gasteiger partial charge in [0.05, 0.1) is 16.7 Å². The van der Waals surface area contributed by atoms with Crippen molar-refractivity contribution in [2.45, 2.75) is 0 Å². The molecule has 2 nitrogen and oxygen atoms in total. The molecule has 0 bridgehead atoms. The van der Waals surface area contributed by atoms with Gasteiger partial charge in [-0.1, -0.05) is 84.9 Å². The Morgan fingerprint density at radius 2 is 1.32 bits per heavy atom. The van der Waals surface area contributed by atoms with Crippen molar-refractivity contribution in [2.75, 3.05) is 0 Å². The van der Waals surface area contributed by atoms with Crippen LogP contribution in [0.1, 0.15) is 0 Å². The van der Waals surface area contributed by atoms with E-state index in [2.05, 4.69) is 114 Å². The molecule has 8 aromatic rings. The van der Waals surface area contributed by atoms with Gasteiger partial charge >= 0.3 is 0 Å². The fourth-order valence-corrected chi connectivity index (χ4v) is 6.75. The largest absolute Gasteiger partial charge is 0.256 e. The number of para-hydroxylation sites is 1. The summed E-state index contributed by atoms with van der Waals surface area (Å²) >= 11 is 1.86. The van der Waals surface area contributed by atoms with Crippen molar-refractivity contribution in [1.29, 1.82) is 0 Å². The van der Waals surface area contributed by atoms with E-state index in [0.29, 0.717) is 0 Å². The van der Waals surface area contributed by atoms with E-state index in [1.54, 1.807) is 0 Å². The highest BCUT2D eigenvalue weighted by Crippen LogP contribution is 2.43. The molecule has 8 rings (SSSR count). The van der Waals surface area contributed by atoms with E-state index in [9.17, 15) is 0 Å². The highest BCUT2D eigenvalue weighted by molar-refractivity contribution is 7.26. The Bertz CT molecular complexity index is 2160. The van der Waals surface area contributed by atoms with Crippen molar-refractivity contribution in [1.82, 2.24) is 9.97 Å². The number of nitrogens with zero attached hydrogens (tertiary/aromatic N) is 2. The van der Waals surface area contributed by atoms with Crippen LogP contribution in [-0.4, -0.2) is 9.97 Å². The highest BCUT2D eigenvalue weighted by atomic mass is 32.1. The maximum absolute atomic E-state index is 5.22. The number of thiophene rings is 1. The van der Waals surface area contributed by atoms with Crippen LogP contribution in [-0.2, 0) is 0 Å². The van der Waals surface area contributed by atoms with Crippen LogP contribution >= 0.6 is 11.3 Å². The van der Waals surface area contributed by atoms with E-state index in [0.717, 1.165) is 27.7 Å². The summed E-state index contributed by atoms with van der Waals surface area (Å²) in [6.07, 6.45) is 1.87. The molecule has 5 aromatic carbocycles. The van der Waals surface area contributed by atoms with E-state index in [4.69, 9.17) is 4.98 Å². The van der Waals surface area contributed by atoms with E-state index >= 15 is 0 Å². The summed E-state index contributed by atoms with van der Waals surface area (Å²) in [5.41, 5.74) is 6.61. The van der Waals surface area contributed by atoms with E-state index in [-0.39, 0.29) is 0 Å². The van der Waals surface area contributed by atoms with E-state index < -0.39 is 0 Å². The molecule has 0 amide bonds. The number of benzene rings is 5. The number of hydrogen-bond acceptors (Lipinski definition) is 3. The average Bonchev–Trinajstić information content (AvgIpc) is 3.36. The molecule has 172 valence electrons. The number of pyridine rings is 2. The third-order valence-electron chi connectivity index (χ3n) is 7.27. The summed E-state index contributed by atoms with van der Waals surface area (Å²) in [5, 5.41) is 7.26. The monoisotopic (exact) mass is 488 g/mol. The minimum absolute atomic E-state index is 1.03. The Labute approximate surface area is 217 Å². The van der Waals surface area contributed by atoms with Crippen LogP contribution < -0.4 is 0 Å². The zero-order chi connectivity index (χ0) is 24.3. The number of aromatic nitrogens is 2. The predicted octanol–water partition coefficient (Wildman–Crippen LogP) is 9.64. The Hall–Kier alpha value is -4.60. The van der Waals surface area contributed by atoms with Crippen LogP contribution in [0.25, 0.3) is 75.1 Å². The first-order valence-electron chi connectivity index (χ1n) is 12.4. The summed E-state index contributed by atoms with van der Waals surface area (Å²) in [4.78, 5) is 9.90. The molecule has 0 saturated carbocycles. The van der Waals surface area contributed by atoms with Gasteiger partial charge in [-0.3, -0.25) is 4.98 Å². The number of fused-ring (bicyclic) bond motifs is 8. The lowest BCUT2D eigenvalue weighted by molar-refractivity contribution is 1.43. The molecule has 0 fully saturated rings. The fraction of sp³-hybridized carbons (Fsp3) is 0. The van der Waals surface area contributed by atoms with Crippen LogP contribution in [0.15, 0.2) is 121 Å². The van der Waals surface area contributed by atoms with Gasteiger partial charge in [-0.25, -0.2) is 4.98 Å². The summed E-state index contributed by atoms with van der Waals surface area (Å²) in [6, 6.07) is 41.1. The maximum atomic E-state index is 5.22. The Morgan fingerprint density at radius 1 is 0.541 bits per heavy atom. The molecule has 3 aromatic heterocycles. The van der Waals surface area contributed by atoms with Gasteiger partial charge in [-0.15, -0.1) is 11.3 Å².